The summed E-state index contributed by atoms with van der Waals surface area (Å²) in [6, 6.07) is 0. The zero-order chi connectivity index (χ0) is 10.9. The quantitative estimate of drug-likeness (QED) is 0.362. The highest BCUT2D eigenvalue weighted by Gasteiger charge is 2.15. The van der Waals surface area contributed by atoms with Gasteiger partial charge in [-0.25, -0.2) is 0 Å². The van der Waals surface area contributed by atoms with Crippen LogP contribution < -0.4 is 0 Å². The molecule has 1 fully saturated rings. The lowest BCUT2D eigenvalue weighted by molar-refractivity contribution is -0.120. The molecule has 0 bridgehead atoms. The van der Waals surface area contributed by atoms with Gasteiger partial charge in [0.1, 0.15) is 5.78 Å². The number of rotatable bonds is 6. The summed E-state index contributed by atoms with van der Waals surface area (Å²) in [4.78, 5) is 11.7. The Bertz CT molecular complexity index is 188. The fourth-order valence-electron chi connectivity index (χ4n) is 2.44. The second-order valence-electron chi connectivity index (χ2n) is 4.78. The van der Waals surface area contributed by atoms with Gasteiger partial charge in [0.2, 0.25) is 0 Å². The highest BCUT2D eigenvalue weighted by atomic mass is 16.1. The van der Waals surface area contributed by atoms with Gasteiger partial charge in [-0.05, 0) is 18.8 Å². The minimum Gasteiger partial charge on any atom is -0.300 e. The predicted molar refractivity (Wildman–Crippen MR) is 64.9 cm³/mol. The van der Waals surface area contributed by atoms with Crippen molar-refractivity contribution in [2.24, 2.45) is 5.92 Å². The summed E-state index contributed by atoms with van der Waals surface area (Å²) < 4.78 is 0. The van der Waals surface area contributed by atoms with Crippen molar-refractivity contribution in [1.29, 1.82) is 0 Å². The lowest BCUT2D eigenvalue weighted by atomic mass is 9.93. The largest absolute Gasteiger partial charge is 0.300 e. The van der Waals surface area contributed by atoms with Crippen molar-refractivity contribution in [2.45, 2.75) is 64.2 Å². The molecule has 0 saturated heterocycles. The molecule has 0 aliphatic heterocycles. The van der Waals surface area contributed by atoms with Crippen molar-refractivity contribution in [3.63, 3.8) is 0 Å². The first-order chi connectivity index (χ1) is 7.33. The van der Waals surface area contributed by atoms with Crippen LogP contribution >= 0.6 is 0 Å². The van der Waals surface area contributed by atoms with Gasteiger partial charge in [-0.2, -0.15) is 0 Å². The third kappa shape index (κ3) is 5.76. The maximum Gasteiger partial charge on any atom is 0.133 e. The number of unbranched alkanes of at least 4 members (excludes halogenated alkanes) is 1. The van der Waals surface area contributed by atoms with Gasteiger partial charge < -0.3 is 0 Å². The molecule has 0 amide bonds. The molecule has 1 heteroatoms. The number of hydrogen-bond acceptors (Lipinski definition) is 1. The normalized spacial score (nSPS) is 18.4. The molecule has 0 spiro atoms. The summed E-state index contributed by atoms with van der Waals surface area (Å²) >= 11 is 0. The van der Waals surface area contributed by atoms with E-state index >= 15 is 0 Å². The molecule has 15 heavy (non-hydrogen) atoms. The third-order valence-electron chi connectivity index (χ3n) is 3.35. The van der Waals surface area contributed by atoms with E-state index in [4.69, 9.17) is 0 Å². The number of Topliss-reactive ketones (excluding diaryl/α,β-unsaturated/α-hetero) is 1. The molecular formula is C14H24O. The van der Waals surface area contributed by atoms with Crippen LogP contribution in [0.1, 0.15) is 64.2 Å². The Hall–Kier alpha value is -0.590. The standard InChI is InChI=1S/C14H24O/c1-2-3-6-11-14(15)12-13-9-7-4-5-8-10-13/h2,13H,1,3-12H2. The van der Waals surface area contributed by atoms with Crippen LogP contribution in [0.5, 0.6) is 0 Å². The Morgan fingerprint density at radius 1 is 1.20 bits per heavy atom. The lowest BCUT2D eigenvalue weighted by Gasteiger charge is -2.12. The van der Waals surface area contributed by atoms with Crippen LogP contribution in [0.25, 0.3) is 0 Å². The van der Waals surface area contributed by atoms with E-state index in [1.165, 1.54) is 38.5 Å². The Balaban J connectivity index is 2.14. The average molecular weight is 208 g/mol. The van der Waals surface area contributed by atoms with Crippen molar-refractivity contribution in [1.82, 2.24) is 0 Å². The summed E-state index contributed by atoms with van der Waals surface area (Å²) in [5, 5.41) is 0. The molecule has 86 valence electrons. The Labute approximate surface area is 93.9 Å². The third-order valence-corrected chi connectivity index (χ3v) is 3.35. The molecule has 0 radical (unpaired) electrons. The maximum absolute atomic E-state index is 11.7. The van der Waals surface area contributed by atoms with Crippen LogP contribution in [-0.4, -0.2) is 5.78 Å². The zero-order valence-corrected chi connectivity index (χ0v) is 9.84. The second-order valence-corrected chi connectivity index (χ2v) is 4.78. The summed E-state index contributed by atoms with van der Waals surface area (Å²) in [6.07, 6.45) is 13.5. The summed E-state index contributed by atoms with van der Waals surface area (Å²) in [5.74, 6) is 1.17. The van der Waals surface area contributed by atoms with Crippen LogP contribution in [-0.2, 0) is 4.79 Å². The van der Waals surface area contributed by atoms with Crippen LogP contribution in [0.2, 0.25) is 0 Å². The number of carbonyl (C=O) groups is 1. The van der Waals surface area contributed by atoms with Crippen LogP contribution in [0.4, 0.5) is 0 Å². The van der Waals surface area contributed by atoms with Crippen molar-refractivity contribution in [3.8, 4) is 0 Å². The molecule has 0 heterocycles. The smallest absolute Gasteiger partial charge is 0.133 e. The van der Waals surface area contributed by atoms with E-state index in [9.17, 15) is 4.79 Å². The van der Waals surface area contributed by atoms with Crippen molar-refractivity contribution < 1.29 is 4.79 Å². The predicted octanol–water partition coefficient (Wildman–Crippen LogP) is 4.27. The zero-order valence-electron chi connectivity index (χ0n) is 9.84. The second kappa shape index (κ2) is 7.67. The SMILES string of the molecule is C=CCCCC(=O)CC1CCCCCC1. The van der Waals surface area contributed by atoms with Crippen LogP contribution in [0, 0.1) is 5.92 Å². The van der Waals surface area contributed by atoms with Crippen molar-refractivity contribution in [2.75, 3.05) is 0 Å². The Morgan fingerprint density at radius 2 is 1.87 bits per heavy atom. The number of hydrogen-bond donors (Lipinski definition) is 0. The maximum atomic E-state index is 11.7. The van der Waals surface area contributed by atoms with Gasteiger partial charge in [0.15, 0.2) is 0 Å². The lowest BCUT2D eigenvalue weighted by Crippen LogP contribution is -2.07. The molecule has 0 aromatic carbocycles. The topological polar surface area (TPSA) is 17.1 Å². The Morgan fingerprint density at radius 3 is 2.47 bits per heavy atom. The van der Waals surface area contributed by atoms with Gasteiger partial charge >= 0.3 is 0 Å². The van der Waals surface area contributed by atoms with Crippen molar-refractivity contribution >= 4 is 5.78 Å². The molecule has 0 aromatic heterocycles. The molecule has 1 saturated carbocycles. The number of ketones is 1. The van der Waals surface area contributed by atoms with E-state index in [2.05, 4.69) is 6.58 Å². The molecule has 1 aliphatic rings. The van der Waals surface area contributed by atoms with Gasteiger partial charge in [0, 0.05) is 12.8 Å². The fraction of sp³-hybridized carbons (Fsp3) is 0.786. The molecular weight excluding hydrogens is 184 g/mol. The first-order valence-electron chi connectivity index (χ1n) is 6.45. The minimum atomic E-state index is 0.476. The van der Waals surface area contributed by atoms with E-state index in [0.29, 0.717) is 11.7 Å². The highest BCUT2D eigenvalue weighted by Crippen LogP contribution is 2.26. The molecule has 0 unspecified atom stereocenters. The van der Waals surface area contributed by atoms with E-state index in [1.807, 2.05) is 6.08 Å². The van der Waals surface area contributed by atoms with Gasteiger partial charge in [-0.1, -0.05) is 44.6 Å². The van der Waals surface area contributed by atoms with Crippen LogP contribution in [0.3, 0.4) is 0 Å². The van der Waals surface area contributed by atoms with Gasteiger partial charge in [-0.3, -0.25) is 4.79 Å². The molecule has 1 nitrogen and oxygen atoms in total. The number of allylic oxidation sites excluding steroid dienone is 1. The van der Waals surface area contributed by atoms with Gasteiger partial charge in [0.25, 0.3) is 0 Å². The molecule has 1 rings (SSSR count). The monoisotopic (exact) mass is 208 g/mol. The molecule has 0 N–H and O–H groups in total. The average Bonchev–Trinajstić information content (AvgIpc) is 2.47. The Kier molecular flexibility index (Phi) is 6.38. The minimum absolute atomic E-state index is 0.476. The number of carbonyl (C=O) groups excluding carboxylic acids is 1. The van der Waals surface area contributed by atoms with E-state index in [1.54, 1.807) is 0 Å². The van der Waals surface area contributed by atoms with Crippen LogP contribution in [0.15, 0.2) is 12.7 Å². The summed E-state index contributed by atoms with van der Waals surface area (Å²) in [5.41, 5.74) is 0. The first-order valence-corrected chi connectivity index (χ1v) is 6.45. The van der Waals surface area contributed by atoms with Gasteiger partial charge in [-0.15, -0.1) is 6.58 Å². The molecule has 0 aromatic rings. The van der Waals surface area contributed by atoms with Crippen molar-refractivity contribution in [3.05, 3.63) is 12.7 Å². The highest BCUT2D eigenvalue weighted by molar-refractivity contribution is 5.78. The van der Waals surface area contributed by atoms with Gasteiger partial charge in [0.05, 0.1) is 0 Å². The molecule has 1 aliphatic carbocycles. The van der Waals surface area contributed by atoms with E-state index in [0.717, 1.165) is 25.7 Å². The summed E-state index contributed by atoms with van der Waals surface area (Å²) in [7, 11) is 0. The summed E-state index contributed by atoms with van der Waals surface area (Å²) in [6.45, 7) is 3.67. The molecule has 0 atom stereocenters. The fourth-order valence-corrected chi connectivity index (χ4v) is 2.44. The van der Waals surface area contributed by atoms with E-state index in [-0.39, 0.29) is 0 Å². The first kappa shape index (κ1) is 12.5. The van der Waals surface area contributed by atoms with E-state index < -0.39 is 0 Å².